The first-order valence-corrected chi connectivity index (χ1v) is 7.23. The summed E-state index contributed by atoms with van der Waals surface area (Å²) in [7, 11) is 1.53. The Kier molecular flexibility index (Phi) is 5.63. The van der Waals surface area contributed by atoms with Gasteiger partial charge in [0.1, 0.15) is 11.5 Å². The maximum absolute atomic E-state index is 12.1. The van der Waals surface area contributed by atoms with E-state index in [1.165, 1.54) is 14.0 Å². The Morgan fingerprint density at radius 1 is 1.08 bits per heavy atom. The molecule has 0 aliphatic heterocycles. The summed E-state index contributed by atoms with van der Waals surface area (Å²) in [6.45, 7) is 5.16. The van der Waals surface area contributed by atoms with Gasteiger partial charge in [0.2, 0.25) is 5.78 Å². The smallest absolute Gasteiger partial charge is 0.365 e. The number of methoxy groups -OCH3 is 1. The zero-order chi connectivity index (χ0) is 17.5. The molecule has 0 unspecified atom stereocenters. The number of benzene rings is 2. The number of Topliss-reactive ketones (excluding diaryl/α,β-unsaturated/α-hetero) is 1. The van der Waals surface area contributed by atoms with Crippen molar-refractivity contribution in [1.82, 2.24) is 0 Å². The van der Waals surface area contributed by atoms with E-state index in [0.717, 1.165) is 0 Å². The number of ketones is 1. The van der Waals surface area contributed by atoms with Gasteiger partial charge in [0.15, 0.2) is 0 Å². The van der Waals surface area contributed by atoms with Crippen LogP contribution in [0.5, 0.6) is 5.75 Å². The summed E-state index contributed by atoms with van der Waals surface area (Å²) in [6, 6.07) is 13.4. The van der Waals surface area contributed by atoms with Crippen LogP contribution < -0.4 is 4.74 Å². The molecule has 0 aliphatic carbocycles. The molecule has 2 aromatic carbocycles. The van der Waals surface area contributed by atoms with Gasteiger partial charge in [-0.25, -0.2) is 4.79 Å². The molecule has 0 heterocycles. The molecule has 0 atom stereocenters. The Hall–Kier alpha value is -3.21. The largest absolute Gasteiger partial charge is 0.496 e. The summed E-state index contributed by atoms with van der Waals surface area (Å²) in [4.78, 5) is 29.0. The van der Waals surface area contributed by atoms with Crippen molar-refractivity contribution < 1.29 is 19.2 Å². The summed E-state index contributed by atoms with van der Waals surface area (Å²) in [6.07, 6.45) is 1.57. The highest BCUT2D eigenvalue weighted by molar-refractivity contribution is 6.45. The van der Waals surface area contributed by atoms with Gasteiger partial charge < -0.3 is 9.57 Å². The number of hydrogen-bond acceptors (Lipinski definition) is 5. The van der Waals surface area contributed by atoms with Crippen molar-refractivity contribution in [3.8, 4) is 5.75 Å². The average molecular weight is 323 g/mol. The number of hydrogen-bond donors (Lipinski definition) is 0. The van der Waals surface area contributed by atoms with Crippen LogP contribution in [0.4, 0.5) is 0 Å². The molecule has 24 heavy (non-hydrogen) atoms. The number of rotatable bonds is 6. The number of carbonyl (C=O) groups is 2. The van der Waals surface area contributed by atoms with Gasteiger partial charge in [0.25, 0.3) is 0 Å². The van der Waals surface area contributed by atoms with Crippen LogP contribution in [-0.2, 0) is 4.84 Å². The van der Waals surface area contributed by atoms with Crippen LogP contribution in [0.3, 0.4) is 0 Å². The lowest BCUT2D eigenvalue weighted by atomic mass is 10.1. The minimum Gasteiger partial charge on any atom is -0.496 e. The predicted molar refractivity (Wildman–Crippen MR) is 92.4 cm³/mol. The quantitative estimate of drug-likeness (QED) is 0.351. The lowest BCUT2D eigenvalue weighted by molar-refractivity contribution is 0.0515. The van der Waals surface area contributed by atoms with E-state index >= 15 is 0 Å². The van der Waals surface area contributed by atoms with E-state index in [-0.39, 0.29) is 17.1 Å². The summed E-state index contributed by atoms with van der Waals surface area (Å²) in [5.74, 6) is -0.369. The first kappa shape index (κ1) is 17.1. The van der Waals surface area contributed by atoms with E-state index in [1.807, 2.05) is 6.07 Å². The predicted octanol–water partition coefficient (Wildman–Crippen LogP) is 3.75. The lowest BCUT2D eigenvalue weighted by Gasteiger charge is -2.06. The molecular formula is C19H17NO4. The number of nitrogens with zero attached hydrogens (tertiary/aromatic N) is 1. The third-order valence-electron chi connectivity index (χ3n) is 3.32. The first-order valence-electron chi connectivity index (χ1n) is 7.23. The van der Waals surface area contributed by atoms with E-state index in [2.05, 4.69) is 11.7 Å². The zero-order valence-electron chi connectivity index (χ0n) is 13.5. The molecular weight excluding hydrogens is 306 g/mol. The maximum Gasteiger partial charge on any atom is 0.365 e. The van der Waals surface area contributed by atoms with Gasteiger partial charge >= 0.3 is 5.97 Å². The normalized spacial score (nSPS) is 10.8. The average Bonchev–Trinajstić information content (AvgIpc) is 2.65. The van der Waals surface area contributed by atoms with Crippen LogP contribution in [0.2, 0.25) is 0 Å². The van der Waals surface area contributed by atoms with Crippen LogP contribution in [-0.4, -0.2) is 24.6 Å². The molecule has 122 valence electrons. The summed E-state index contributed by atoms with van der Waals surface area (Å²) >= 11 is 0. The van der Waals surface area contributed by atoms with Crippen LogP contribution in [0.15, 0.2) is 60.3 Å². The first-order chi connectivity index (χ1) is 11.6. The monoisotopic (exact) mass is 323 g/mol. The number of oxime groups is 1. The molecule has 2 rings (SSSR count). The molecule has 2 aromatic rings. The van der Waals surface area contributed by atoms with Crippen molar-refractivity contribution in [3.05, 3.63) is 71.8 Å². The molecule has 0 aliphatic rings. The van der Waals surface area contributed by atoms with Crippen molar-refractivity contribution in [2.75, 3.05) is 7.11 Å². The fourth-order valence-corrected chi connectivity index (χ4v) is 2.02. The van der Waals surface area contributed by atoms with Crippen LogP contribution in [0, 0.1) is 0 Å². The summed E-state index contributed by atoms with van der Waals surface area (Å²) in [5, 5.41) is 3.64. The van der Waals surface area contributed by atoms with Gasteiger partial charge in [-0.05, 0) is 25.1 Å². The van der Waals surface area contributed by atoms with Crippen LogP contribution >= 0.6 is 0 Å². The Labute approximate surface area is 140 Å². The van der Waals surface area contributed by atoms with E-state index in [9.17, 15) is 9.59 Å². The molecule has 0 saturated carbocycles. The maximum atomic E-state index is 12.1. The fourth-order valence-electron chi connectivity index (χ4n) is 2.02. The summed E-state index contributed by atoms with van der Waals surface area (Å²) in [5.41, 5.74) is 1.52. The molecule has 0 bridgehead atoms. The standard InChI is InChI=1S/C19H17NO4/c1-4-14-12-16(10-11-17(14)23-3)19(22)24-20-13(2)18(21)15-8-6-5-7-9-15/h4-12H,1H2,2-3H3/b20-13-. The SMILES string of the molecule is C=Cc1cc(C(=O)O/N=C(/C)C(=O)c2ccccc2)ccc1OC. The fraction of sp³-hybridized carbons (Fsp3) is 0.105. The van der Waals surface area contributed by atoms with Crippen molar-refractivity contribution >= 4 is 23.5 Å². The highest BCUT2D eigenvalue weighted by Gasteiger charge is 2.13. The molecule has 5 nitrogen and oxygen atoms in total. The highest BCUT2D eigenvalue weighted by Crippen LogP contribution is 2.21. The second-order valence-corrected chi connectivity index (χ2v) is 4.91. The minimum atomic E-state index is -0.666. The Bertz CT molecular complexity index is 794. The van der Waals surface area contributed by atoms with E-state index in [0.29, 0.717) is 16.9 Å². The van der Waals surface area contributed by atoms with Gasteiger partial charge in [-0.3, -0.25) is 4.79 Å². The molecule has 0 fully saturated rings. The van der Waals surface area contributed by atoms with E-state index in [4.69, 9.17) is 9.57 Å². The van der Waals surface area contributed by atoms with E-state index in [1.54, 1.807) is 48.5 Å². The molecule has 0 aromatic heterocycles. The zero-order valence-corrected chi connectivity index (χ0v) is 13.5. The van der Waals surface area contributed by atoms with Gasteiger partial charge in [0.05, 0.1) is 12.7 Å². The van der Waals surface area contributed by atoms with Crippen LogP contribution in [0.1, 0.15) is 33.2 Å². The topological polar surface area (TPSA) is 65.0 Å². The lowest BCUT2D eigenvalue weighted by Crippen LogP contribution is -2.12. The van der Waals surface area contributed by atoms with Crippen LogP contribution in [0.25, 0.3) is 6.08 Å². The molecule has 0 saturated heterocycles. The number of carbonyl (C=O) groups excluding carboxylic acids is 2. The van der Waals surface area contributed by atoms with Crippen molar-refractivity contribution in [2.45, 2.75) is 6.92 Å². The van der Waals surface area contributed by atoms with Crippen molar-refractivity contribution in [1.29, 1.82) is 0 Å². The molecule has 0 amide bonds. The molecule has 0 N–H and O–H groups in total. The molecule has 0 spiro atoms. The van der Waals surface area contributed by atoms with Gasteiger partial charge in [-0.2, -0.15) is 0 Å². The Morgan fingerprint density at radius 2 is 1.79 bits per heavy atom. The third-order valence-corrected chi connectivity index (χ3v) is 3.32. The third kappa shape index (κ3) is 3.95. The molecule has 5 heteroatoms. The number of ether oxygens (including phenoxy) is 1. The van der Waals surface area contributed by atoms with Gasteiger partial charge in [-0.1, -0.05) is 48.1 Å². The van der Waals surface area contributed by atoms with Gasteiger partial charge in [0, 0.05) is 11.1 Å². The minimum absolute atomic E-state index is 0.0898. The second-order valence-electron chi connectivity index (χ2n) is 4.91. The van der Waals surface area contributed by atoms with Gasteiger partial charge in [-0.15, -0.1) is 0 Å². The van der Waals surface area contributed by atoms with E-state index < -0.39 is 5.97 Å². The Morgan fingerprint density at radius 3 is 2.42 bits per heavy atom. The molecule has 0 radical (unpaired) electrons. The van der Waals surface area contributed by atoms with Crippen molar-refractivity contribution in [3.63, 3.8) is 0 Å². The second kappa shape index (κ2) is 7.87. The Balaban J connectivity index is 2.12. The highest BCUT2D eigenvalue weighted by atomic mass is 16.7. The van der Waals surface area contributed by atoms with Crippen molar-refractivity contribution in [2.24, 2.45) is 5.16 Å². The summed E-state index contributed by atoms with van der Waals surface area (Å²) < 4.78 is 5.15.